The second kappa shape index (κ2) is 5.09. The first kappa shape index (κ1) is 14.3. The molecule has 20 heavy (non-hydrogen) atoms. The number of carbonyl (C=O) groups excluding carboxylic acids is 1. The first-order chi connectivity index (χ1) is 9.33. The average Bonchev–Trinajstić information content (AvgIpc) is 2.75. The van der Waals surface area contributed by atoms with Gasteiger partial charge in [-0.05, 0) is 25.5 Å². The summed E-state index contributed by atoms with van der Waals surface area (Å²) in [5.41, 5.74) is 11.5. The van der Waals surface area contributed by atoms with Crippen molar-refractivity contribution in [3.8, 4) is 0 Å². The monoisotopic (exact) mass is 278 g/mol. The van der Waals surface area contributed by atoms with E-state index in [1.165, 1.54) is 6.07 Å². The van der Waals surface area contributed by atoms with Crippen LogP contribution in [-0.2, 0) is 11.3 Å². The van der Waals surface area contributed by atoms with Crippen molar-refractivity contribution >= 4 is 17.3 Å². The van der Waals surface area contributed by atoms with Gasteiger partial charge >= 0.3 is 0 Å². The van der Waals surface area contributed by atoms with E-state index in [1.54, 1.807) is 12.1 Å². The number of nitro groups is 1. The van der Waals surface area contributed by atoms with Crippen molar-refractivity contribution in [2.45, 2.75) is 19.9 Å². The van der Waals surface area contributed by atoms with Crippen molar-refractivity contribution in [2.24, 2.45) is 11.1 Å². The summed E-state index contributed by atoms with van der Waals surface area (Å²) in [5, 5.41) is 10.9. The van der Waals surface area contributed by atoms with Crippen LogP contribution in [0.1, 0.15) is 18.9 Å². The van der Waals surface area contributed by atoms with Crippen molar-refractivity contribution in [3.05, 3.63) is 33.9 Å². The van der Waals surface area contributed by atoms with Crippen LogP contribution in [0.15, 0.2) is 18.2 Å². The maximum Gasteiger partial charge on any atom is 0.292 e. The van der Waals surface area contributed by atoms with Gasteiger partial charge in [-0.3, -0.25) is 19.8 Å². The maximum atomic E-state index is 11.4. The minimum atomic E-state index is -0.532. The third-order valence-corrected chi connectivity index (χ3v) is 3.91. The largest absolute Gasteiger partial charge is 0.393 e. The molecule has 2 rings (SSSR count). The third-order valence-electron chi connectivity index (χ3n) is 3.91. The van der Waals surface area contributed by atoms with Gasteiger partial charge in [-0.2, -0.15) is 0 Å². The van der Waals surface area contributed by atoms with Crippen LogP contribution >= 0.6 is 0 Å². The van der Waals surface area contributed by atoms with Gasteiger partial charge in [-0.25, -0.2) is 0 Å². The molecule has 4 N–H and O–H groups in total. The Morgan fingerprint density at radius 1 is 1.55 bits per heavy atom. The molecule has 1 fully saturated rings. The summed E-state index contributed by atoms with van der Waals surface area (Å²) in [6, 6.07) is 4.77. The molecule has 1 atom stereocenters. The van der Waals surface area contributed by atoms with Crippen LogP contribution in [0.5, 0.6) is 0 Å². The zero-order valence-corrected chi connectivity index (χ0v) is 11.3. The van der Waals surface area contributed by atoms with Crippen LogP contribution in [0.2, 0.25) is 0 Å². The highest BCUT2D eigenvalue weighted by atomic mass is 16.6. The Hall–Kier alpha value is -2.15. The number of nitrogens with two attached hydrogens (primary N) is 2. The maximum absolute atomic E-state index is 11.4. The number of nitrogen functional groups attached to an aromatic ring is 1. The summed E-state index contributed by atoms with van der Waals surface area (Å²) in [7, 11) is 0. The van der Waals surface area contributed by atoms with E-state index in [0.29, 0.717) is 25.1 Å². The predicted octanol–water partition coefficient (Wildman–Crippen LogP) is 0.874. The summed E-state index contributed by atoms with van der Waals surface area (Å²) in [6.45, 7) is 3.59. The van der Waals surface area contributed by atoms with E-state index in [0.717, 1.165) is 6.54 Å². The van der Waals surface area contributed by atoms with Gasteiger partial charge in [-0.1, -0.05) is 12.1 Å². The van der Waals surface area contributed by atoms with Crippen molar-refractivity contribution in [3.63, 3.8) is 0 Å². The van der Waals surface area contributed by atoms with E-state index in [1.807, 2.05) is 11.8 Å². The number of hydrogen-bond donors (Lipinski definition) is 2. The number of nitro benzene ring substituents is 1. The lowest BCUT2D eigenvalue weighted by molar-refractivity contribution is -0.384. The van der Waals surface area contributed by atoms with E-state index >= 15 is 0 Å². The minimum Gasteiger partial charge on any atom is -0.393 e. The van der Waals surface area contributed by atoms with E-state index < -0.39 is 10.3 Å². The van der Waals surface area contributed by atoms with Crippen LogP contribution in [0, 0.1) is 15.5 Å². The highest BCUT2D eigenvalue weighted by Gasteiger charge is 2.38. The standard InChI is InChI=1S/C13H18N4O3/c1-13(12(15)18)5-6-16(8-13)7-9-3-2-4-10(11(9)14)17(19)20/h2-4H,5-8,14H2,1H3,(H2,15,18). The normalized spacial score (nSPS) is 22.9. The molecule has 0 saturated carbocycles. The fourth-order valence-corrected chi connectivity index (χ4v) is 2.53. The Balaban J connectivity index is 2.15. The number of para-hydroxylation sites is 1. The molecule has 7 nitrogen and oxygen atoms in total. The van der Waals surface area contributed by atoms with Gasteiger partial charge in [0.25, 0.3) is 5.69 Å². The Bertz CT molecular complexity index is 561. The van der Waals surface area contributed by atoms with Gasteiger partial charge in [0.2, 0.25) is 5.91 Å². The van der Waals surface area contributed by atoms with E-state index in [-0.39, 0.29) is 17.3 Å². The lowest BCUT2D eigenvalue weighted by Crippen LogP contribution is -2.37. The number of primary amides is 1. The number of carbonyl (C=O) groups is 1. The number of hydrogen-bond acceptors (Lipinski definition) is 5. The highest BCUT2D eigenvalue weighted by Crippen LogP contribution is 2.32. The number of benzene rings is 1. The van der Waals surface area contributed by atoms with E-state index in [2.05, 4.69) is 0 Å². The fraction of sp³-hybridized carbons (Fsp3) is 0.462. The summed E-state index contributed by atoms with van der Waals surface area (Å²) in [4.78, 5) is 23.8. The first-order valence-electron chi connectivity index (χ1n) is 6.37. The smallest absolute Gasteiger partial charge is 0.292 e. The van der Waals surface area contributed by atoms with Gasteiger partial charge in [0.05, 0.1) is 10.3 Å². The predicted molar refractivity (Wildman–Crippen MR) is 74.7 cm³/mol. The van der Waals surface area contributed by atoms with Crippen LogP contribution in [-0.4, -0.2) is 28.8 Å². The highest BCUT2D eigenvalue weighted by molar-refractivity contribution is 5.81. The molecule has 0 aromatic heterocycles. The second-order valence-electron chi connectivity index (χ2n) is 5.49. The number of anilines is 1. The number of rotatable bonds is 4. The zero-order valence-electron chi connectivity index (χ0n) is 11.3. The van der Waals surface area contributed by atoms with E-state index in [4.69, 9.17) is 11.5 Å². The van der Waals surface area contributed by atoms with Crippen LogP contribution in [0.25, 0.3) is 0 Å². The molecule has 1 aromatic carbocycles. The topological polar surface area (TPSA) is 115 Å². The fourth-order valence-electron chi connectivity index (χ4n) is 2.53. The first-order valence-corrected chi connectivity index (χ1v) is 6.37. The minimum absolute atomic E-state index is 0.0839. The molecule has 1 amide bonds. The van der Waals surface area contributed by atoms with Crippen molar-refractivity contribution in [1.29, 1.82) is 0 Å². The van der Waals surface area contributed by atoms with Gasteiger partial charge in [0.1, 0.15) is 5.69 Å². The van der Waals surface area contributed by atoms with Gasteiger partial charge < -0.3 is 11.5 Å². The Morgan fingerprint density at radius 2 is 2.25 bits per heavy atom. The molecule has 1 aliphatic rings. The SMILES string of the molecule is CC1(C(N)=O)CCN(Cc2cccc([N+](=O)[O-])c2N)C1. The second-order valence-corrected chi connectivity index (χ2v) is 5.49. The molecule has 1 unspecified atom stereocenters. The molecule has 7 heteroatoms. The van der Waals surface area contributed by atoms with Crippen molar-refractivity contribution < 1.29 is 9.72 Å². The third kappa shape index (κ3) is 2.57. The summed E-state index contributed by atoms with van der Waals surface area (Å²) >= 11 is 0. The Kier molecular flexibility index (Phi) is 3.63. The van der Waals surface area contributed by atoms with E-state index in [9.17, 15) is 14.9 Å². The molecule has 1 aromatic rings. The molecule has 108 valence electrons. The summed E-state index contributed by atoms with van der Waals surface area (Å²) < 4.78 is 0. The Morgan fingerprint density at radius 3 is 2.80 bits per heavy atom. The molecule has 0 radical (unpaired) electrons. The Labute approximate surface area is 116 Å². The lowest BCUT2D eigenvalue weighted by atomic mass is 9.89. The number of nitrogens with zero attached hydrogens (tertiary/aromatic N) is 2. The summed E-state index contributed by atoms with van der Waals surface area (Å²) in [6.07, 6.45) is 0.692. The van der Waals surface area contributed by atoms with Gasteiger partial charge in [-0.15, -0.1) is 0 Å². The van der Waals surface area contributed by atoms with Crippen molar-refractivity contribution in [1.82, 2.24) is 4.90 Å². The van der Waals surface area contributed by atoms with Gasteiger partial charge in [0.15, 0.2) is 0 Å². The molecule has 0 spiro atoms. The van der Waals surface area contributed by atoms with Crippen molar-refractivity contribution in [2.75, 3.05) is 18.8 Å². The molecule has 1 heterocycles. The lowest BCUT2D eigenvalue weighted by Gasteiger charge is -2.21. The quantitative estimate of drug-likeness (QED) is 0.481. The molecular formula is C13H18N4O3. The van der Waals surface area contributed by atoms with Crippen LogP contribution in [0.4, 0.5) is 11.4 Å². The number of likely N-dealkylation sites (tertiary alicyclic amines) is 1. The molecular weight excluding hydrogens is 260 g/mol. The number of amides is 1. The average molecular weight is 278 g/mol. The molecule has 0 aliphatic carbocycles. The zero-order chi connectivity index (χ0) is 14.9. The molecule has 1 saturated heterocycles. The molecule has 0 bridgehead atoms. The van der Waals surface area contributed by atoms with Crippen LogP contribution in [0.3, 0.4) is 0 Å². The summed E-state index contributed by atoms with van der Waals surface area (Å²) in [5.74, 6) is -0.313. The molecule has 1 aliphatic heterocycles. The van der Waals surface area contributed by atoms with Crippen LogP contribution < -0.4 is 11.5 Å². The van der Waals surface area contributed by atoms with Gasteiger partial charge in [0, 0.05) is 19.2 Å².